The van der Waals surface area contributed by atoms with Gasteiger partial charge in [0.15, 0.2) is 0 Å². The Balaban J connectivity index is 2.34. The molecular weight excluding hydrogens is 188 g/mol. The summed E-state index contributed by atoms with van der Waals surface area (Å²) >= 11 is 0. The first-order valence-electron chi connectivity index (χ1n) is 6.18. The van der Waals surface area contributed by atoms with Crippen LogP contribution in [-0.4, -0.2) is 48.8 Å². The number of nitrogens with one attached hydrogen (secondary N) is 1. The van der Waals surface area contributed by atoms with Crippen molar-refractivity contribution in [3.05, 3.63) is 0 Å². The maximum atomic E-state index is 8.80. The van der Waals surface area contributed by atoms with Crippen molar-refractivity contribution in [2.75, 3.05) is 32.8 Å². The van der Waals surface area contributed by atoms with Crippen LogP contribution in [0.4, 0.5) is 0 Å². The molecule has 0 aromatic heterocycles. The lowest BCUT2D eigenvalue weighted by atomic mass is 9.95. The van der Waals surface area contributed by atoms with Crippen molar-refractivity contribution in [2.45, 2.75) is 33.2 Å². The predicted octanol–water partition coefficient (Wildman–Crippen LogP) is 0.935. The molecule has 1 rings (SSSR count). The number of aliphatic hydroxyl groups excluding tert-OH is 1. The maximum absolute atomic E-state index is 8.80. The Morgan fingerprint density at radius 2 is 2.13 bits per heavy atom. The first kappa shape index (κ1) is 12.9. The monoisotopic (exact) mass is 214 g/mol. The summed E-state index contributed by atoms with van der Waals surface area (Å²) < 4.78 is 0. The van der Waals surface area contributed by atoms with Gasteiger partial charge < -0.3 is 15.3 Å². The van der Waals surface area contributed by atoms with Gasteiger partial charge in [-0.1, -0.05) is 20.8 Å². The van der Waals surface area contributed by atoms with Crippen LogP contribution in [0.25, 0.3) is 0 Å². The van der Waals surface area contributed by atoms with Crippen molar-refractivity contribution < 1.29 is 5.11 Å². The second-order valence-electron chi connectivity index (χ2n) is 5.33. The van der Waals surface area contributed by atoms with E-state index in [0.717, 1.165) is 24.9 Å². The van der Waals surface area contributed by atoms with Crippen LogP contribution in [0.2, 0.25) is 0 Å². The van der Waals surface area contributed by atoms with Crippen LogP contribution in [0.1, 0.15) is 27.2 Å². The molecule has 0 spiro atoms. The second-order valence-corrected chi connectivity index (χ2v) is 5.33. The van der Waals surface area contributed by atoms with Crippen LogP contribution in [0, 0.1) is 11.8 Å². The van der Waals surface area contributed by atoms with Gasteiger partial charge in [0.25, 0.3) is 0 Å². The zero-order valence-corrected chi connectivity index (χ0v) is 10.4. The lowest BCUT2D eigenvalue weighted by Crippen LogP contribution is -2.50. The zero-order valence-electron chi connectivity index (χ0n) is 10.4. The fraction of sp³-hybridized carbons (Fsp3) is 1.00. The van der Waals surface area contributed by atoms with Crippen LogP contribution in [0.15, 0.2) is 0 Å². The quantitative estimate of drug-likeness (QED) is 0.715. The van der Waals surface area contributed by atoms with Crippen LogP contribution < -0.4 is 5.32 Å². The molecule has 1 saturated heterocycles. The average Bonchev–Trinajstić information content (AvgIpc) is 2.12. The van der Waals surface area contributed by atoms with Crippen LogP contribution >= 0.6 is 0 Å². The molecule has 2 atom stereocenters. The van der Waals surface area contributed by atoms with Gasteiger partial charge in [0.1, 0.15) is 0 Å². The summed E-state index contributed by atoms with van der Waals surface area (Å²) in [7, 11) is 0. The molecule has 0 aliphatic carbocycles. The Morgan fingerprint density at radius 1 is 1.40 bits per heavy atom. The molecule has 1 aliphatic heterocycles. The summed E-state index contributed by atoms with van der Waals surface area (Å²) in [6.45, 7) is 11.4. The molecule has 15 heavy (non-hydrogen) atoms. The maximum Gasteiger partial charge on any atom is 0.0556 e. The van der Waals surface area contributed by atoms with Gasteiger partial charge in [-0.15, -0.1) is 0 Å². The molecule has 0 radical (unpaired) electrons. The molecule has 0 amide bonds. The number of rotatable bonds is 5. The summed E-state index contributed by atoms with van der Waals surface area (Å²) in [4.78, 5) is 2.55. The van der Waals surface area contributed by atoms with Gasteiger partial charge in [-0.2, -0.15) is 0 Å². The normalized spacial score (nSPS) is 28.6. The molecule has 0 saturated carbocycles. The van der Waals surface area contributed by atoms with Crippen LogP contribution in [0.5, 0.6) is 0 Å². The van der Waals surface area contributed by atoms with E-state index in [1.165, 1.54) is 19.5 Å². The van der Waals surface area contributed by atoms with Gasteiger partial charge in [0.05, 0.1) is 6.61 Å². The average molecular weight is 214 g/mol. The van der Waals surface area contributed by atoms with E-state index >= 15 is 0 Å². The Kier molecular flexibility index (Phi) is 5.58. The zero-order chi connectivity index (χ0) is 11.3. The molecule has 90 valence electrons. The van der Waals surface area contributed by atoms with E-state index in [4.69, 9.17) is 5.11 Å². The molecular formula is C12H26N2O. The van der Waals surface area contributed by atoms with E-state index in [-0.39, 0.29) is 6.61 Å². The number of nitrogens with zero attached hydrogens (tertiary/aromatic N) is 1. The van der Waals surface area contributed by atoms with Crippen molar-refractivity contribution in [1.82, 2.24) is 10.2 Å². The number of hydrogen-bond donors (Lipinski definition) is 2. The third kappa shape index (κ3) is 4.96. The van der Waals surface area contributed by atoms with Gasteiger partial charge >= 0.3 is 0 Å². The Labute approximate surface area is 93.9 Å². The van der Waals surface area contributed by atoms with E-state index in [1.54, 1.807) is 0 Å². The first-order valence-corrected chi connectivity index (χ1v) is 6.18. The second kappa shape index (κ2) is 6.46. The molecule has 0 aromatic rings. The van der Waals surface area contributed by atoms with Crippen molar-refractivity contribution >= 4 is 0 Å². The molecule has 1 heterocycles. The van der Waals surface area contributed by atoms with Gasteiger partial charge in [0, 0.05) is 32.2 Å². The Morgan fingerprint density at radius 3 is 2.73 bits per heavy atom. The van der Waals surface area contributed by atoms with Gasteiger partial charge in [0.2, 0.25) is 0 Å². The minimum absolute atomic E-state index is 0.245. The summed E-state index contributed by atoms with van der Waals surface area (Å²) in [5.41, 5.74) is 0. The predicted molar refractivity (Wildman–Crippen MR) is 63.9 cm³/mol. The standard InChI is InChI=1S/C12H26N2O/c1-10(2)7-14-8-11(3)6-12(9-14)13-4-5-15/h10-13,15H,4-9H2,1-3H3. The highest BCUT2D eigenvalue weighted by molar-refractivity contribution is 4.82. The van der Waals surface area contributed by atoms with Crippen molar-refractivity contribution in [1.29, 1.82) is 0 Å². The van der Waals surface area contributed by atoms with E-state index in [1.807, 2.05) is 0 Å². The molecule has 2 N–H and O–H groups in total. The summed E-state index contributed by atoms with van der Waals surface area (Å²) in [6, 6.07) is 0.569. The molecule has 1 fully saturated rings. The fourth-order valence-electron chi connectivity index (χ4n) is 2.54. The highest BCUT2D eigenvalue weighted by Crippen LogP contribution is 2.17. The van der Waals surface area contributed by atoms with Crippen molar-refractivity contribution in [3.8, 4) is 0 Å². The van der Waals surface area contributed by atoms with E-state index in [2.05, 4.69) is 31.0 Å². The van der Waals surface area contributed by atoms with Gasteiger partial charge in [-0.25, -0.2) is 0 Å². The lowest BCUT2D eigenvalue weighted by molar-refractivity contribution is 0.132. The van der Waals surface area contributed by atoms with E-state index in [0.29, 0.717) is 6.04 Å². The topological polar surface area (TPSA) is 35.5 Å². The third-order valence-electron chi connectivity index (χ3n) is 2.90. The van der Waals surface area contributed by atoms with Crippen molar-refractivity contribution in [2.24, 2.45) is 11.8 Å². The third-order valence-corrected chi connectivity index (χ3v) is 2.90. The van der Waals surface area contributed by atoms with Gasteiger partial charge in [-0.3, -0.25) is 0 Å². The molecule has 2 unspecified atom stereocenters. The highest BCUT2D eigenvalue weighted by Gasteiger charge is 2.24. The van der Waals surface area contributed by atoms with Crippen LogP contribution in [-0.2, 0) is 0 Å². The molecule has 3 heteroatoms. The van der Waals surface area contributed by atoms with E-state index in [9.17, 15) is 0 Å². The van der Waals surface area contributed by atoms with Gasteiger partial charge in [-0.05, 0) is 18.3 Å². The minimum Gasteiger partial charge on any atom is -0.395 e. The fourth-order valence-corrected chi connectivity index (χ4v) is 2.54. The van der Waals surface area contributed by atoms with Crippen LogP contribution in [0.3, 0.4) is 0 Å². The number of piperidine rings is 1. The van der Waals surface area contributed by atoms with E-state index < -0.39 is 0 Å². The summed E-state index contributed by atoms with van der Waals surface area (Å²) in [5, 5.41) is 12.2. The summed E-state index contributed by atoms with van der Waals surface area (Å²) in [5.74, 6) is 1.52. The molecule has 3 nitrogen and oxygen atoms in total. The summed E-state index contributed by atoms with van der Waals surface area (Å²) in [6.07, 6.45) is 1.24. The SMILES string of the molecule is CC(C)CN1CC(C)CC(NCCO)C1. The molecule has 1 aliphatic rings. The Bertz CT molecular complexity index is 171. The first-order chi connectivity index (χ1) is 7.11. The smallest absolute Gasteiger partial charge is 0.0556 e. The number of likely N-dealkylation sites (tertiary alicyclic amines) is 1. The lowest BCUT2D eigenvalue weighted by Gasteiger charge is -2.37. The number of hydrogen-bond acceptors (Lipinski definition) is 3. The molecule has 0 bridgehead atoms. The minimum atomic E-state index is 0.245. The van der Waals surface area contributed by atoms with Crippen molar-refractivity contribution in [3.63, 3.8) is 0 Å². The Hall–Kier alpha value is -0.120. The highest BCUT2D eigenvalue weighted by atomic mass is 16.3. The number of aliphatic hydroxyl groups is 1. The largest absolute Gasteiger partial charge is 0.395 e. The molecule has 0 aromatic carbocycles.